The van der Waals surface area contributed by atoms with Crippen LogP contribution in [0.4, 0.5) is 0 Å². The fourth-order valence-corrected chi connectivity index (χ4v) is 4.25. The number of hydrogen-bond acceptors (Lipinski definition) is 3. The topological polar surface area (TPSA) is 65.2 Å². The molecule has 0 spiro atoms. The molecule has 0 radical (unpaired) electrons. The second-order valence-corrected chi connectivity index (χ2v) is 7.74. The molecule has 142 valence electrons. The number of ketones is 1. The lowest BCUT2D eigenvalue weighted by atomic mass is 9.93. The number of nitrogens with one attached hydrogen (secondary N) is 2. The number of rotatable bonds is 5. The zero-order chi connectivity index (χ0) is 18.8. The van der Waals surface area contributed by atoms with Crippen molar-refractivity contribution in [2.24, 2.45) is 0 Å². The molecule has 2 heterocycles. The first-order valence-corrected chi connectivity index (χ1v) is 9.95. The van der Waals surface area contributed by atoms with Crippen molar-refractivity contribution in [2.75, 3.05) is 13.1 Å². The minimum atomic E-state index is -0.165. The van der Waals surface area contributed by atoms with Crippen molar-refractivity contribution in [1.82, 2.24) is 15.2 Å². The van der Waals surface area contributed by atoms with Crippen LogP contribution in [0.2, 0.25) is 0 Å². The van der Waals surface area contributed by atoms with Crippen LogP contribution >= 0.6 is 0 Å². The predicted octanol–water partition coefficient (Wildman–Crippen LogP) is 3.37. The normalized spacial score (nSPS) is 17.1. The lowest BCUT2D eigenvalue weighted by Crippen LogP contribution is -2.25. The number of aromatic amines is 1. The summed E-state index contributed by atoms with van der Waals surface area (Å²) in [5.74, 6) is -0.0848. The number of aryl methyl sites for hydroxylation is 2. The van der Waals surface area contributed by atoms with Crippen LogP contribution in [-0.4, -0.2) is 34.7 Å². The van der Waals surface area contributed by atoms with Crippen LogP contribution in [0.5, 0.6) is 0 Å². The summed E-state index contributed by atoms with van der Waals surface area (Å²) in [6.07, 6.45) is 4.83. The van der Waals surface area contributed by atoms with Gasteiger partial charge >= 0.3 is 0 Å². The van der Waals surface area contributed by atoms with Gasteiger partial charge in [0, 0.05) is 30.9 Å². The maximum Gasteiger partial charge on any atom is 0.254 e. The van der Waals surface area contributed by atoms with E-state index in [0.717, 1.165) is 36.3 Å². The van der Waals surface area contributed by atoms with Gasteiger partial charge in [-0.25, -0.2) is 0 Å². The van der Waals surface area contributed by atoms with E-state index in [1.54, 1.807) is 0 Å². The molecule has 1 aromatic carbocycles. The summed E-state index contributed by atoms with van der Waals surface area (Å²) >= 11 is 0. The third-order valence-electron chi connectivity index (χ3n) is 5.68. The van der Waals surface area contributed by atoms with Gasteiger partial charge in [-0.1, -0.05) is 24.3 Å². The minimum absolute atomic E-state index is 0.0806. The maximum absolute atomic E-state index is 12.7. The zero-order valence-corrected chi connectivity index (χ0v) is 15.9. The van der Waals surface area contributed by atoms with Crippen molar-refractivity contribution >= 4 is 11.7 Å². The first kappa shape index (κ1) is 18.0. The Hall–Kier alpha value is -2.40. The fraction of sp³-hybridized carbons (Fsp3) is 0.455. The molecule has 1 aliphatic heterocycles. The van der Waals surface area contributed by atoms with Crippen molar-refractivity contribution in [3.05, 3.63) is 57.9 Å². The third-order valence-corrected chi connectivity index (χ3v) is 5.68. The Balaban J connectivity index is 1.39. The molecule has 0 bridgehead atoms. The second kappa shape index (κ2) is 7.69. The molecular weight excluding hydrogens is 338 g/mol. The highest BCUT2D eigenvalue weighted by molar-refractivity contribution is 6.10. The zero-order valence-electron chi connectivity index (χ0n) is 15.9. The number of aromatic nitrogens is 1. The largest absolute Gasteiger partial charge is 0.361 e. The Morgan fingerprint density at radius 3 is 2.52 bits per heavy atom. The number of Topliss-reactive ketones (excluding diaryl/α,β-unsaturated/α-hetero) is 1. The molecule has 2 N–H and O–H groups in total. The third kappa shape index (κ3) is 3.83. The molecule has 1 saturated heterocycles. The molecule has 0 atom stereocenters. The van der Waals surface area contributed by atoms with Gasteiger partial charge in [-0.05, 0) is 56.8 Å². The molecule has 1 aliphatic carbocycles. The summed E-state index contributed by atoms with van der Waals surface area (Å²) in [4.78, 5) is 30.7. The van der Waals surface area contributed by atoms with Crippen molar-refractivity contribution in [2.45, 2.75) is 52.1 Å². The van der Waals surface area contributed by atoms with Crippen molar-refractivity contribution in [3.63, 3.8) is 0 Å². The van der Waals surface area contributed by atoms with Gasteiger partial charge in [-0.15, -0.1) is 0 Å². The summed E-state index contributed by atoms with van der Waals surface area (Å²) in [6.45, 7) is 5.72. The quantitative estimate of drug-likeness (QED) is 0.854. The Bertz CT molecular complexity index is 845. The Morgan fingerprint density at radius 1 is 1.07 bits per heavy atom. The number of carbonyl (C=O) groups is 2. The van der Waals surface area contributed by atoms with Gasteiger partial charge in [0.05, 0.1) is 11.1 Å². The first-order valence-electron chi connectivity index (χ1n) is 9.95. The summed E-state index contributed by atoms with van der Waals surface area (Å²) in [5, 5.41) is 2.98. The second-order valence-electron chi connectivity index (χ2n) is 7.74. The average molecular weight is 365 g/mol. The molecule has 27 heavy (non-hydrogen) atoms. The molecule has 5 nitrogen and oxygen atoms in total. The van der Waals surface area contributed by atoms with E-state index in [2.05, 4.69) is 39.5 Å². The Morgan fingerprint density at radius 2 is 1.78 bits per heavy atom. The van der Waals surface area contributed by atoms with Gasteiger partial charge in [-0.2, -0.15) is 0 Å². The van der Waals surface area contributed by atoms with E-state index in [4.69, 9.17) is 0 Å². The van der Waals surface area contributed by atoms with Gasteiger partial charge in [-0.3, -0.25) is 14.5 Å². The summed E-state index contributed by atoms with van der Waals surface area (Å²) in [6, 6.07) is 8.45. The number of H-pyrrole nitrogens is 1. The molecule has 1 fully saturated rings. The van der Waals surface area contributed by atoms with E-state index in [-0.39, 0.29) is 11.7 Å². The van der Waals surface area contributed by atoms with Crippen molar-refractivity contribution in [3.8, 4) is 0 Å². The van der Waals surface area contributed by atoms with Gasteiger partial charge in [0.1, 0.15) is 0 Å². The highest BCUT2D eigenvalue weighted by Crippen LogP contribution is 2.26. The highest BCUT2D eigenvalue weighted by atomic mass is 16.2. The number of likely N-dealkylation sites (tertiary alicyclic amines) is 1. The van der Waals surface area contributed by atoms with Gasteiger partial charge in [0.2, 0.25) is 0 Å². The number of amides is 1. The standard InChI is InChI=1S/C22H27N3O2/c1-15-20(21-18(24-15)5-4-6-19(21)26)22(27)23-13-16-7-9-17(10-8-16)14-25-11-2-3-12-25/h7-10,24H,2-6,11-14H2,1H3,(H,23,27). The molecule has 2 aromatic rings. The van der Waals surface area contributed by atoms with Crippen LogP contribution in [0.1, 0.15) is 68.9 Å². The first-order chi connectivity index (χ1) is 13.1. The molecule has 0 unspecified atom stereocenters. The van der Waals surface area contributed by atoms with Crippen LogP contribution in [0.15, 0.2) is 24.3 Å². The number of hydrogen-bond donors (Lipinski definition) is 2. The molecular formula is C22H27N3O2. The fourth-order valence-electron chi connectivity index (χ4n) is 4.25. The molecule has 4 rings (SSSR count). The number of benzene rings is 1. The number of carbonyl (C=O) groups excluding carboxylic acids is 2. The van der Waals surface area contributed by atoms with Crippen molar-refractivity contribution in [1.29, 1.82) is 0 Å². The van der Waals surface area contributed by atoms with E-state index >= 15 is 0 Å². The van der Waals surface area contributed by atoms with E-state index < -0.39 is 0 Å². The summed E-state index contributed by atoms with van der Waals surface area (Å²) in [7, 11) is 0. The van der Waals surface area contributed by atoms with Crippen LogP contribution in [0, 0.1) is 6.92 Å². The summed E-state index contributed by atoms with van der Waals surface area (Å²) < 4.78 is 0. The molecule has 5 heteroatoms. The Labute approximate surface area is 160 Å². The predicted molar refractivity (Wildman–Crippen MR) is 105 cm³/mol. The minimum Gasteiger partial charge on any atom is -0.361 e. The molecule has 0 saturated carbocycles. The lowest BCUT2D eigenvalue weighted by Gasteiger charge is -2.15. The maximum atomic E-state index is 12.7. The van der Waals surface area contributed by atoms with Gasteiger partial charge in [0.25, 0.3) is 5.91 Å². The highest BCUT2D eigenvalue weighted by Gasteiger charge is 2.28. The molecule has 1 aromatic heterocycles. The van der Waals surface area contributed by atoms with Crippen LogP contribution in [-0.2, 0) is 19.5 Å². The van der Waals surface area contributed by atoms with E-state index in [1.165, 1.54) is 31.5 Å². The number of nitrogens with zero attached hydrogens (tertiary/aromatic N) is 1. The van der Waals surface area contributed by atoms with Crippen LogP contribution < -0.4 is 5.32 Å². The van der Waals surface area contributed by atoms with Gasteiger partial charge < -0.3 is 10.3 Å². The molecule has 2 aliphatic rings. The average Bonchev–Trinajstić information content (AvgIpc) is 3.28. The lowest BCUT2D eigenvalue weighted by molar-refractivity contribution is 0.0926. The smallest absolute Gasteiger partial charge is 0.254 e. The Kier molecular flexibility index (Phi) is 5.12. The summed E-state index contributed by atoms with van der Waals surface area (Å²) in [5.41, 5.74) is 5.22. The number of fused-ring (bicyclic) bond motifs is 1. The van der Waals surface area contributed by atoms with Crippen LogP contribution in [0.3, 0.4) is 0 Å². The van der Waals surface area contributed by atoms with E-state index in [1.807, 2.05) is 6.92 Å². The van der Waals surface area contributed by atoms with Crippen LogP contribution in [0.25, 0.3) is 0 Å². The van der Waals surface area contributed by atoms with Gasteiger partial charge in [0.15, 0.2) is 5.78 Å². The molecule has 1 amide bonds. The van der Waals surface area contributed by atoms with E-state index in [9.17, 15) is 9.59 Å². The SMILES string of the molecule is Cc1[nH]c2c(c1C(=O)NCc1ccc(CN3CCCC3)cc1)C(=O)CCC2. The van der Waals surface area contributed by atoms with E-state index in [0.29, 0.717) is 24.1 Å². The monoisotopic (exact) mass is 365 g/mol. The van der Waals surface area contributed by atoms with Crippen molar-refractivity contribution < 1.29 is 9.59 Å².